The monoisotopic (exact) mass is 350 g/mol. The van der Waals surface area contributed by atoms with Crippen LogP contribution < -0.4 is 5.32 Å². The molecule has 7 nitrogen and oxygen atoms in total. The van der Waals surface area contributed by atoms with Gasteiger partial charge in [-0.15, -0.1) is 0 Å². The Kier molecular flexibility index (Phi) is 4.50. The summed E-state index contributed by atoms with van der Waals surface area (Å²) >= 11 is 1.11. The van der Waals surface area contributed by atoms with Crippen molar-refractivity contribution in [2.24, 2.45) is 0 Å². The first kappa shape index (κ1) is 16.3. The minimum Gasteiger partial charge on any atom is -0.297 e. The highest BCUT2D eigenvalue weighted by Gasteiger charge is 2.14. The molecule has 25 heavy (non-hydrogen) atoms. The first-order valence-electron chi connectivity index (χ1n) is 7.10. The fourth-order valence-electron chi connectivity index (χ4n) is 2.11. The molecule has 0 spiro atoms. The summed E-state index contributed by atoms with van der Waals surface area (Å²) in [6, 6.07) is 15.1. The Bertz CT molecular complexity index is 1030. The lowest BCUT2D eigenvalue weighted by Crippen LogP contribution is -2.13. The molecule has 1 heterocycles. The molecule has 0 aliphatic carbocycles. The molecule has 3 aromatic rings. The van der Waals surface area contributed by atoms with E-state index in [0.29, 0.717) is 10.2 Å². The normalized spacial score (nSPS) is 11.1. The van der Waals surface area contributed by atoms with Crippen LogP contribution in [-0.2, 0) is 4.79 Å². The molecule has 0 aliphatic heterocycles. The number of non-ortho nitro benzene ring substituents is 1. The lowest BCUT2D eigenvalue weighted by molar-refractivity contribution is -0.384. The fourth-order valence-corrected chi connectivity index (χ4v) is 3.00. The third kappa shape index (κ3) is 3.68. The summed E-state index contributed by atoms with van der Waals surface area (Å²) in [7, 11) is 0. The van der Waals surface area contributed by atoms with E-state index in [9.17, 15) is 20.2 Å². The topological polar surface area (TPSA) is 109 Å². The van der Waals surface area contributed by atoms with Crippen molar-refractivity contribution in [1.29, 1.82) is 5.26 Å². The summed E-state index contributed by atoms with van der Waals surface area (Å²) in [4.78, 5) is 26.8. The number of benzene rings is 2. The van der Waals surface area contributed by atoms with Gasteiger partial charge in [0.05, 0.1) is 15.1 Å². The van der Waals surface area contributed by atoms with Crippen molar-refractivity contribution in [3.8, 4) is 6.07 Å². The molecular weight excluding hydrogens is 340 g/mol. The molecule has 0 saturated heterocycles. The number of anilines is 1. The molecule has 0 saturated carbocycles. The number of thiazole rings is 1. The first-order chi connectivity index (χ1) is 12.1. The molecule has 1 amide bonds. The van der Waals surface area contributed by atoms with E-state index in [2.05, 4.69) is 10.3 Å². The molecule has 0 fully saturated rings. The zero-order chi connectivity index (χ0) is 17.8. The fraction of sp³-hybridized carbons (Fsp3) is 0. The van der Waals surface area contributed by atoms with Crippen molar-refractivity contribution in [3.63, 3.8) is 0 Å². The number of carbonyl (C=O) groups is 1. The predicted molar refractivity (Wildman–Crippen MR) is 94.9 cm³/mol. The average molecular weight is 350 g/mol. The van der Waals surface area contributed by atoms with Gasteiger partial charge in [0.15, 0.2) is 5.13 Å². The Morgan fingerprint density at radius 1 is 1.28 bits per heavy atom. The lowest BCUT2D eigenvalue weighted by atomic mass is 10.1. The van der Waals surface area contributed by atoms with Gasteiger partial charge >= 0.3 is 0 Å². The molecular formula is C17H10N4O3S. The van der Waals surface area contributed by atoms with Gasteiger partial charge in [0.2, 0.25) is 0 Å². The molecule has 1 N–H and O–H groups in total. The van der Waals surface area contributed by atoms with Crippen LogP contribution in [0, 0.1) is 21.4 Å². The number of nitrogens with zero attached hydrogens (tertiary/aromatic N) is 3. The summed E-state index contributed by atoms with van der Waals surface area (Å²) in [5.74, 6) is -0.583. The SMILES string of the molecule is N#C/C(=C\c1ccccc1)C(=O)Nc1nc2ccc([N+](=O)[O-])cc2s1. The van der Waals surface area contributed by atoms with Crippen LogP contribution in [0.25, 0.3) is 16.3 Å². The molecule has 122 valence electrons. The van der Waals surface area contributed by atoms with Crippen LogP contribution in [0.5, 0.6) is 0 Å². The highest BCUT2D eigenvalue weighted by atomic mass is 32.1. The van der Waals surface area contributed by atoms with E-state index >= 15 is 0 Å². The number of nitrogens with one attached hydrogen (secondary N) is 1. The number of fused-ring (bicyclic) bond motifs is 1. The summed E-state index contributed by atoms with van der Waals surface area (Å²) < 4.78 is 0.579. The second kappa shape index (κ2) is 6.90. The van der Waals surface area contributed by atoms with Crippen LogP contribution in [-0.4, -0.2) is 15.8 Å². The molecule has 2 aromatic carbocycles. The van der Waals surface area contributed by atoms with Crippen LogP contribution in [0.1, 0.15) is 5.56 Å². The number of nitro benzene ring substituents is 1. The first-order valence-corrected chi connectivity index (χ1v) is 7.91. The van der Waals surface area contributed by atoms with Gasteiger partial charge in [-0.1, -0.05) is 41.7 Å². The molecule has 1 aromatic heterocycles. The zero-order valence-corrected chi connectivity index (χ0v) is 13.5. The minimum absolute atomic E-state index is 0.0456. The van der Waals surface area contributed by atoms with E-state index in [1.54, 1.807) is 24.3 Å². The van der Waals surface area contributed by atoms with Gasteiger partial charge < -0.3 is 0 Å². The molecule has 0 atom stereocenters. The number of carbonyl (C=O) groups excluding carboxylic acids is 1. The van der Waals surface area contributed by atoms with Gasteiger partial charge in [-0.25, -0.2) is 4.98 Å². The number of nitro groups is 1. The second-order valence-electron chi connectivity index (χ2n) is 4.96. The molecule has 0 unspecified atom stereocenters. The van der Waals surface area contributed by atoms with Gasteiger partial charge in [0, 0.05) is 12.1 Å². The maximum Gasteiger partial charge on any atom is 0.270 e. The Labute approximate surface area is 146 Å². The van der Waals surface area contributed by atoms with E-state index in [-0.39, 0.29) is 16.4 Å². The maximum absolute atomic E-state index is 12.3. The van der Waals surface area contributed by atoms with Gasteiger partial charge in [-0.2, -0.15) is 5.26 Å². The minimum atomic E-state index is -0.583. The molecule has 3 rings (SSSR count). The molecule has 8 heteroatoms. The Morgan fingerprint density at radius 3 is 2.72 bits per heavy atom. The third-order valence-electron chi connectivity index (χ3n) is 3.28. The number of nitriles is 1. The predicted octanol–water partition coefficient (Wildman–Crippen LogP) is 3.75. The Morgan fingerprint density at radius 2 is 2.04 bits per heavy atom. The van der Waals surface area contributed by atoms with Gasteiger partial charge in [0.25, 0.3) is 11.6 Å². The number of aromatic nitrogens is 1. The van der Waals surface area contributed by atoms with Gasteiger partial charge in [-0.3, -0.25) is 20.2 Å². The second-order valence-corrected chi connectivity index (χ2v) is 5.99. The zero-order valence-electron chi connectivity index (χ0n) is 12.7. The Hall–Kier alpha value is -3.57. The summed E-state index contributed by atoms with van der Waals surface area (Å²) in [6.45, 7) is 0. The van der Waals surface area contributed by atoms with Crippen LogP contribution in [0.4, 0.5) is 10.8 Å². The van der Waals surface area contributed by atoms with Crippen molar-refractivity contribution in [3.05, 3.63) is 69.8 Å². The summed E-state index contributed by atoms with van der Waals surface area (Å²) in [5, 5.41) is 22.8. The van der Waals surface area contributed by atoms with Gasteiger partial charge in [-0.05, 0) is 17.7 Å². The summed E-state index contributed by atoms with van der Waals surface area (Å²) in [6.07, 6.45) is 1.48. The van der Waals surface area contributed by atoms with Crippen molar-refractivity contribution >= 4 is 44.4 Å². The quantitative estimate of drug-likeness (QED) is 0.333. The highest BCUT2D eigenvalue weighted by molar-refractivity contribution is 7.22. The van der Waals surface area contributed by atoms with Crippen molar-refractivity contribution in [1.82, 2.24) is 4.98 Å². The third-order valence-corrected chi connectivity index (χ3v) is 4.21. The summed E-state index contributed by atoms with van der Waals surface area (Å²) in [5.41, 5.74) is 1.16. The Balaban J connectivity index is 1.84. The van der Waals surface area contributed by atoms with Crippen molar-refractivity contribution in [2.75, 3.05) is 5.32 Å². The number of hydrogen-bond acceptors (Lipinski definition) is 6. The van der Waals surface area contributed by atoms with Crippen LogP contribution in [0.2, 0.25) is 0 Å². The van der Waals surface area contributed by atoms with E-state index in [4.69, 9.17) is 0 Å². The maximum atomic E-state index is 12.3. The molecule has 0 bridgehead atoms. The van der Waals surface area contributed by atoms with E-state index in [0.717, 1.165) is 16.9 Å². The van der Waals surface area contributed by atoms with E-state index < -0.39 is 10.8 Å². The smallest absolute Gasteiger partial charge is 0.270 e. The van der Waals surface area contributed by atoms with Crippen molar-refractivity contribution in [2.45, 2.75) is 0 Å². The van der Waals surface area contributed by atoms with Crippen LogP contribution in [0.15, 0.2) is 54.1 Å². The highest BCUT2D eigenvalue weighted by Crippen LogP contribution is 2.29. The standard InChI is InChI=1S/C17H10N4O3S/c18-10-12(8-11-4-2-1-3-5-11)16(22)20-17-19-14-7-6-13(21(23)24)9-15(14)25-17/h1-9H,(H,19,20,22)/b12-8+. The largest absolute Gasteiger partial charge is 0.297 e. The molecule has 0 aliphatic rings. The van der Waals surface area contributed by atoms with Crippen molar-refractivity contribution < 1.29 is 9.72 Å². The van der Waals surface area contributed by atoms with E-state index in [1.165, 1.54) is 24.3 Å². The lowest BCUT2D eigenvalue weighted by Gasteiger charge is -1.99. The van der Waals surface area contributed by atoms with E-state index in [1.807, 2.05) is 12.1 Å². The molecule has 0 radical (unpaired) electrons. The van der Waals surface area contributed by atoms with Crippen LogP contribution in [0.3, 0.4) is 0 Å². The average Bonchev–Trinajstić information content (AvgIpc) is 3.01. The van der Waals surface area contributed by atoms with Crippen LogP contribution >= 0.6 is 11.3 Å². The number of rotatable bonds is 4. The van der Waals surface area contributed by atoms with Gasteiger partial charge in [0.1, 0.15) is 11.6 Å². The number of hydrogen-bond donors (Lipinski definition) is 1. The number of amides is 1.